The number of carbonyl (C=O) groups is 1. The molecule has 1 saturated carbocycles. The first-order valence-corrected chi connectivity index (χ1v) is 9.47. The molecule has 2 N–H and O–H groups in total. The van der Waals surface area contributed by atoms with E-state index in [0.717, 1.165) is 19.3 Å². The number of amides is 1. The molecule has 5 nitrogen and oxygen atoms in total. The van der Waals surface area contributed by atoms with Gasteiger partial charge in [-0.05, 0) is 44.7 Å². The summed E-state index contributed by atoms with van der Waals surface area (Å²) < 4.78 is 23.1. The number of halogens is 1. The van der Waals surface area contributed by atoms with Crippen molar-refractivity contribution in [3.63, 3.8) is 0 Å². The highest BCUT2D eigenvalue weighted by Crippen LogP contribution is 2.30. The third-order valence-corrected chi connectivity index (χ3v) is 6.98. The van der Waals surface area contributed by atoms with Crippen LogP contribution in [-0.4, -0.2) is 44.5 Å². The van der Waals surface area contributed by atoms with Gasteiger partial charge in [0.25, 0.3) is 0 Å². The first kappa shape index (κ1) is 18.7. The van der Waals surface area contributed by atoms with E-state index in [4.69, 9.17) is 0 Å². The fraction of sp³-hybridized carbons (Fsp3) is 0.929. The normalized spacial score (nSPS) is 29.2. The van der Waals surface area contributed by atoms with Crippen LogP contribution in [0.2, 0.25) is 0 Å². The lowest BCUT2D eigenvalue weighted by Crippen LogP contribution is -2.59. The maximum atomic E-state index is 12.7. The third kappa shape index (κ3) is 3.90. The van der Waals surface area contributed by atoms with Gasteiger partial charge in [-0.25, -0.2) is 8.42 Å². The Hall–Kier alpha value is -0.330. The second-order valence-corrected chi connectivity index (χ2v) is 8.68. The lowest BCUT2D eigenvalue weighted by Gasteiger charge is -2.37. The Labute approximate surface area is 134 Å². The molecule has 0 aromatic carbocycles. The van der Waals surface area contributed by atoms with Crippen LogP contribution in [-0.2, 0) is 14.6 Å². The smallest absolute Gasteiger partial charge is 0.241 e. The summed E-state index contributed by atoms with van der Waals surface area (Å²) in [6.07, 6.45) is 6.33. The van der Waals surface area contributed by atoms with Gasteiger partial charge in [0.15, 0.2) is 14.6 Å². The second-order valence-electron chi connectivity index (χ2n) is 6.36. The Morgan fingerprint density at radius 3 is 2.29 bits per heavy atom. The fourth-order valence-electron chi connectivity index (χ4n) is 3.43. The lowest BCUT2D eigenvalue weighted by molar-refractivity contribution is -0.125. The van der Waals surface area contributed by atoms with Crippen molar-refractivity contribution in [2.45, 2.75) is 56.2 Å². The Morgan fingerprint density at radius 2 is 1.76 bits per heavy atom. The molecule has 0 spiro atoms. The van der Waals surface area contributed by atoms with Gasteiger partial charge in [-0.3, -0.25) is 4.79 Å². The van der Waals surface area contributed by atoms with E-state index in [0.29, 0.717) is 31.8 Å². The van der Waals surface area contributed by atoms with Gasteiger partial charge in [0.1, 0.15) is 0 Å². The number of nitrogens with one attached hydrogen (secondary N) is 2. The van der Waals surface area contributed by atoms with Gasteiger partial charge in [0.05, 0.1) is 0 Å². The maximum Gasteiger partial charge on any atom is 0.241 e. The van der Waals surface area contributed by atoms with Crippen molar-refractivity contribution in [3.8, 4) is 0 Å². The van der Waals surface area contributed by atoms with Gasteiger partial charge in [-0.1, -0.05) is 19.8 Å². The number of carbonyl (C=O) groups excluding carboxylic acids is 1. The molecule has 1 aliphatic carbocycles. The first-order valence-electron chi connectivity index (χ1n) is 7.58. The number of piperidine rings is 1. The summed E-state index contributed by atoms with van der Waals surface area (Å²) in [6, 6.07) is 0.129. The quantitative estimate of drug-likeness (QED) is 0.812. The van der Waals surface area contributed by atoms with Crippen LogP contribution in [0.5, 0.6) is 0 Å². The number of sulfone groups is 1. The maximum absolute atomic E-state index is 12.7. The van der Waals surface area contributed by atoms with Crippen LogP contribution in [0.4, 0.5) is 0 Å². The van der Waals surface area contributed by atoms with Crippen molar-refractivity contribution in [3.05, 3.63) is 0 Å². The Bertz CT molecular complexity index is 461. The van der Waals surface area contributed by atoms with E-state index in [2.05, 4.69) is 17.6 Å². The van der Waals surface area contributed by atoms with Gasteiger partial charge < -0.3 is 10.6 Å². The van der Waals surface area contributed by atoms with Crippen molar-refractivity contribution < 1.29 is 13.2 Å². The van der Waals surface area contributed by atoms with Gasteiger partial charge in [0.2, 0.25) is 5.91 Å². The van der Waals surface area contributed by atoms with Gasteiger partial charge in [-0.15, -0.1) is 12.4 Å². The molecule has 0 radical (unpaired) electrons. The van der Waals surface area contributed by atoms with Crippen LogP contribution in [0, 0.1) is 5.92 Å². The van der Waals surface area contributed by atoms with Crippen molar-refractivity contribution in [2.24, 2.45) is 5.92 Å². The molecule has 1 aliphatic heterocycles. The monoisotopic (exact) mass is 338 g/mol. The van der Waals surface area contributed by atoms with E-state index in [-0.39, 0.29) is 24.4 Å². The molecule has 2 rings (SSSR count). The van der Waals surface area contributed by atoms with E-state index in [1.165, 1.54) is 12.7 Å². The molecule has 21 heavy (non-hydrogen) atoms. The van der Waals surface area contributed by atoms with Crippen LogP contribution < -0.4 is 10.6 Å². The second kappa shape index (κ2) is 7.29. The minimum absolute atomic E-state index is 0. The first-order chi connectivity index (χ1) is 9.37. The van der Waals surface area contributed by atoms with Crippen LogP contribution in [0.3, 0.4) is 0 Å². The average molecular weight is 339 g/mol. The molecule has 124 valence electrons. The molecule has 7 heteroatoms. The van der Waals surface area contributed by atoms with E-state index in [1.54, 1.807) is 0 Å². The Morgan fingerprint density at radius 1 is 1.19 bits per heavy atom. The molecular weight excluding hydrogens is 312 g/mol. The summed E-state index contributed by atoms with van der Waals surface area (Å²) in [5.74, 6) is 0.159. The number of hydrogen-bond acceptors (Lipinski definition) is 4. The van der Waals surface area contributed by atoms with Gasteiger partial charge >= 0.3 is 0 Å². The summed E-state index contributed by atoms with van der Waals surface area (Å²) in [5, 5.41) is 6.17. The molecule has 0 bridgehead atoms. The zero-order valence-electron chi connectivity index (χ0n) is 12.9. The zero-order chi connectivity index (χ0) is 14.8. The standard InChI is InChI=1S/C14H26N2O3S.ClH/c1-11-5-3-4-6-12(11)16-13(17)14(20(2,18)19)7-9-15-10-8-14;/h11-12,15H,3-10H2,1-2H3,(H,16,17);1H. The molecule has 2 fully saturated rings. The summed E-state index contributed by atoms with van der Waals surface area (Å²) in [6.45, 7) is 3.31. The third-order valence-electron chi connectivity index (χ3n) is 4.96. The Balaban J connectivity index is 0.00000220. The lowest BCUT2D eigenvalue weighted by atomic mass is 9.85. The van der Waals surface area contributed by atoms with Gasteiger partial charge in [-0.2, -0.15) is 0 Å². The fourth-order valence-corrected chi connectivity index (χ4v) is 4.77. The molecule has 0 aromatic heterocycles. The highest BCUT2D eigenvalue weighted by atomic mass is 35.5. The molecule has 2 aliphatic rings. The summed E-state index contributed by atoms with van der Waals surface area (Å²) >= 11 is 0. The van der Waals surface area contributed by atoms with E-state index >= 15 is 0 Å². The predicted octanol–water partition coefficient (Wildman–Crippen LogP) is 1.27. The van der Waals surface area contributed by atoms with Crippen LogP contribution in [0.15, 0.2) is 0 Å². The van der Waals surface area contributed by atoms with Crippen LogP contribution in [0.25, 0.3) is 0 Å². The molecule has 2 atom stereocenters. The molecule has 1 amide bonds. The molecule has 0 aromatic rings. The minimum atomic E-state index is -3.41. The summed E-state index contributed by atoms with van der Waals surface area (Å²) in [5.41, 5.74) is 0. The van der Waals surface area contributed by atoms with Crippen LogP contribution in [0.1, 0.15) is 45.4 Å². The van der Waals surface area contributed by atoms with Crippen molar-refractivity contribution in [1.82, 2.24) is 10.6 Å². The molecular formula is C14H27ClN2O3S. The van der Waals surface area contributed by atoms with Gasteiger partial charge in [0, 0.05) is 12.3 Å². The van der Waals surface area contributed by atoms with E-state index < -0.39 is 14.6 Å². The van der Waals surface area contributed by atoms with Crippen molar-refractivity contribution >= 4 is 28.2 Å². The van der Waals surface area contributed by atoms with Crippen molar-refractivity contribution in [1.29, 1.82) is 0 Å². The molecule has 1 saturated heterocycles. The number of rotatable bonds is 3. The Kier molecular flexibility index (Phi) is 6.50. The minimum Gasteiger partial charge on any atom is -0.352 e. The highest BCUT2D eigenvalue weighted by molar-refractivity contribution is 7.92. The van der Waals surface area contributed by atoms with Crippen LogP contribution >= 0.6 is 12.4 Å². The topological polar surface area (TPSA) is 75.3 Å². The number of hydrogen-bond donors (Lipinski definition) is 2. The predicted molar refractivity (Wildman–Crippen MR) is 86.5 cm³/mol. The zero-order valence-corrected chi connectivity index (χ0v) is 14.5. The highest BCUT2D eigenvalue weighted by Gasteiger charge is 2.49. The van der Waals surface area contributed by atoms with E-state index in [1.807, 2.05) is 0 Å². The molecule has 2 unspecified atom stereocenters. The largest absolute Gasteiger partial charge is 0.352 e. The van der Waals surface area contributed by atoms with Crippen molar-refractivity contribution in [2.75, 3.05) is 19.3 Å². The average Bonchev–Trinajstić information content (AvgIpc) is 2.41. The van der Waals surface area contributed by atoms with E-state index in [9.17, 15) is 13.2 Å². The summed E-state index contributed by atoms with van der Waals surface area (Å²) in [7, 11) is -3.41. The summed E-state index contributed by atoms with van der Waals surface area (Å²) in [4.78, 5) is 12.7. The molecule has 1 heterocycles. The SMILES string of the molecule is CC1CCCCC1NC(=O)C1(S(C)(=O)=O)CCNCC1.Cl.